The number of rotatable bonds is 5. The Bertz CT molecular complexity index is 887. The van der Waals surface area contributed by atoms with Crippen molar-refractivity contribution in [3.8, 4) is 16.8 Å². The van der Waals surface area contributed by atoms with E-state index in [-0.39, 0.29) is 5.89 Å². The first-order valence-corrected chi connectivity index (χ1v) is 7.53. The normalized spacial score (nSPS) is 10.8. The first kappa shape index (κ1) is 15.9. The predicted octanol–water partition coefficient (Wildman–Crippen LogP) is 3.03. The van der Waals surface area contributed by atoms with Gasteiger partial charge in [-0.05, 0) is 12.1 Å². The maximum atomic E-state index is 12.5. The lowest BCUT2D eigenvalue weighted by molar-refractivity contribution is 0.116. The van der Waals surface area contributed by atoms with E-state index in [2.05, 4.69) is 26.2 Å². The minimum atomic E-state index is -2.81. The Balaban J connectivity index is 1.77. The van der Waals surface area contributed by atoms with Crippen molar-refractivity contribution in [3.63, 3.8) is 0 Å². The van der Waals surface area contributed by atoms with Crippen molar-refractivity contribution in [2.75, 3.05) is 11.9 Å². The summed E-state index contributed by atoms with van der Waals surface area (Å²) in [5.74, 6) is -0.175. The molecule has 3 heterocycles. The molecule has 0 unspecified atom stereocenters. The van der Waals surface area contributed by atoms with Gasteiger partial charge in [-0.2, -0.15) is 14.0 Å². The van der Waals surface area contributed by atoms with Crippen LogP contribution in [0.5, 0.6) is 0 Å². The molecule has 7 nitrogen and oxygen atoms in total. The van der Waals surface area contributed by atoms with Gasteiger partial charge in [0.15, 0.2) is 0 Å². The second-order valence-corrected chi connectivity index (χ2v) is 5.82. The van der Waals surface area contributed by atoms with Crippen LogP contribution in [0.25, 0.3) is 10.8 Å². The van der Waals surface area contributed by atoms with Crippen LogP contribution in [-0.2, 0) is 6.54 Å². The number of aromatic nitrogens is 4. The zero-order chi connectivity index (χ0) is 17.1. The van der Waals surface area contributed by atoms with Gasteiger partial charge in [-0.25, -0.2) is 9.97 Å². The number of alkyl halides is 2. The van der Waals surface area contributed by atoms with E-state index >= 15 is 0 Å². The molecule has 0 saturated heterocycles. The lowest BCUT2D eigenvalue weighted by atomic mass is 10.2. The van der Waals surface area contributed by atoms with E-state index in [1.165, 1.54) is 17.5 Å². The number of pyridine rings is 1. The van der Waals surface area contributed by atoms with Crippen molar-refractivity contribution < 1.29 is 13.2 Å². The van der Waals surface area contributed by atoms with E-state index in [9.17, 15) is 8.78 Å². The largest absolute Gasteiger partial charge is 0.414 e. The van der Waals surface area contributed by atoms with Gasteiger partial charge in [0.2, 0.25) is 0 Å². The summed E-state index contributed by atoms with van der Waals surface area (Å²) in [5.41, 5.74) is 0.454. The summed E-state index contributed by atoms with van der Waals surface area (Å²) >= 11 is 1.24. The van der Waals surface area contributed by atoms with Crippen molar-refractivity contribution in [2.45, 2.75) is 13.0 Å². The summed E-state index contributed by atoms with van der Waals surface area (Å²) in [6, 6.07) is 5.45. The van der Waals surface area contributed by atoms with Gasteiger partial charge in [-0.15, -0.1) is 21.5 Å². The highest BCUT2D eigenvalue weighted by atomic mass is 32.1. The molecule has 0 bridgehead atoms. The second kappa shape index (κ2) is 6.67. The second-order valence-electron chi connectivity index (χ2n) is 4.71. The number of thiazole rings is 1. The molecule has 0 N–H and O–H groups in total. The van der Waals surface area contributed by atoms with E-state index < -0.39 is 12.3 Å². The molecular weight excluding hydrogens is 338 g/mol. The fraction of sp³-hybridized carbons (Fsp3) is 0.214. The summed E-state index contributed by atoms with van der Waals surface area (Å²) in [5, 5.41) is 16.7. The van der Waals surface area contributed by atoms with Crippen molar-refractivity contribution in [1.29, 1.82) is 5.26 Å². The van der Waals surface area contributed by atoms with Gasteiger partial charge >= 0.3 is 6.43 Å². The third-order valence-corrected chi connectivity index (χ3v) is 4.00. The summed E-state index contributed by atoms with van der Waals surface area (Å²) in [4.78, 5) is 10.7. The molecule has 0 atom stereocenters. The van der Waals surface area contributed by atoms with Crippen LogP contribution >= 0.6 is 11.3 Å². The van der Waals surface area contributed by atoms with Gasteiger partial charge in [-0.3, -0.25) is 0 Å². The van der Waals surface area contributed by atoms with E-state index in [0.29, 0.717) is 27.8 Å². The van der Waals surface area contributed by atoms with Crippen LogP contribution in [0.1, 0.15) is 22.9 Å². The van der Waals surface area contributed by atoms with Gasteiger partial charge in [0.1, 0.15) is 21.8 Å². The monoisotopic (exact) mass is 348 g/mol. The SMILES string of the molecule is CN(Cc1ncc(-c2nnc(C(F)F)o2)s1)c1ncccc1C#N. The lowest BCUT2D eigenvalue weighted by Gasteiger charge is -2.17. The number of halogens is 2. The molecule has 3 aromatic rings. The highest BCUT2D eigenvalue weighted by Gasteiger charge is 2.19. The predicted molar refractivity (Wildman–Crippen MR) is 81.4 cm³/mol. The molecule has 0 spiro atoms. The average Bonchev–Trinajstić information content (AvgIpc) is 3.23. The lowest BCUT2D eigenvalue weighted by Crippen LogP contribution is -2.18. The smallest absolute Gasteiger partial charge is 0.314 e. The van der Waals surface area contributed by atoms with Crippen LogP contribution in [0.4, 0.5) is 14.6 Å². The molecule has 0 fully saturated rings. The average molecular weight is 348 g/mol. The Morgan fingerprint density at radius 2 is 2.21 bits per heavy atom. The first-order chi connectivity index (χ1) is 11.6. The molecule has 122 valence electrons. The van der Waals surface area contributed by atoms with Crippen LogP contribution in [0, 0.1) is 11.3 Å². The first-order valence-electron chi connectivity index (χ1n) is 6.71. The maximum absolute atomic E-state index is 12.5. The highest BCUT2D eigenvalue weighted by molar-refractivity contribution is 7.15. The Labute approximate surface area is 139 Å². The third kappa shape index (κ3) is 3.21. The number of hydrogen-bond acceptors (Lipinski definition) is 8. The quantitative estimate of drug-likeness (QED) is 0.700. The van der Waals surface area contributed by atoms with E-state index in [1.807, 2.05) is 0 Å². The molecule has 10 heteroatoms. The summed E-state index contributed by atoms with van der Waals surface area (Å²) in [6.07, 6.45) is 0.281. The topological polar surface area (TPSA) is 91.7 Å². The number of anilines is 1. The molecule has 0 radical (unpaired) electrons. The van der Waals surface area contributed by atoms with Crippen molar-refractivity contribution in [2.24, 2.45) is 0 Å². The molecule has 0 aliphatic rings. The fourth-order valence-corrected chi connectivity index (χ4v) is 2.86. The van der Waals surface area contributed by atoms with Gasteiger partial charge < -0.3 is 9.32 Å². The molecule has 0 saturated carbocycles. The molecule has 0 aromatic carbocycles. The Morgan fingerprint density at radius 3 is 2.92 bits per heavy atom. The third-order valence-electron chi connectivity index (χ3n) is 3.03. The Kier molecular flexibility index (Phi) is 4.43. The van der Waals surface area contributed by atoms with E-state index in [0.717, 1.165) is 0 Å². The van der Waals surface area contributed by atoms with Crippen molar-refractivity contribution in [3.05, 3.63) is 41.0 Å². The highest BCUT2D eigenvalue weighted by Crippen LogP contribution is 2.28. The molecule has 0 amide bonds. The van der Waals surface area contributed by atoms with E-state index in [1.54, 1.807) is 30.3 Å². The molecule has 24 heavy (non-hydrogen) atoms. The zero-order valence-corrected chi connectivity index (χ0v) is 13.2. The van der Waals surface area contributed by atoms with E-state index in [4.69, 9.17) is 9.68 Å². The molecule has 0 aliphatic heterocycles. The van der Waals surface area contributed by atoms with Gasteiger partial charge in [0.05, 0.1) is 18.3 Å². The number of nitrogens with zero attached hydrogens (tertiary/aromatic N) is 6. The van der Waals surface area contributed by atoms with Crippen LogP contribution < -0.4 is 4.90 Å². The molecule has 0 aliphatic carbocycles. The summed E-state index contributed by atoms with van der Waals surface area (Å²) < 4.78 is 29.9. The van der Waals surface area contributed by atoms with Crippen LogP contribution in [-0.4, -0.2) is 27.2 Å². The molecule has 3 rings (SSSR count). The van der Waals surface area contributed by atoms with Crippen LogP contribution in [0.2, 0.25) is 0 Å². The van der Waals surface area contributed by atoms with Crippen molar-refractivity contribution >= 4 is 17.2 Å². The fourth-order valence-electron chi connectivity index (χ4n) is 1.97. The van der Waals surface area contributed by atoms with Gasteiger partial charge in [0.25, 0.3) is 11.8 Å². The van der Waals surface area contributed by atoms with Gasteiger partial charge in [-0.1, -0.05) is 0 Å². The maximum Gasteiger partial charge on any atom is 0.314 e. The Hall–Kier alpha value is -2.93. The summed E-state index contributed by atoms with van der Waals surface area (Å²) in [7, 11) is 1.78. The minimum absolute atomic E-state index is 0.00672. The number of hydrogen-bond donors (Lipinski definition) is 0. The number of nitriles is 1. The molecular formula is C14H10F2N6OS. The van der Waals surface area contributed by atoms with Crippen LogP contribution in [0.3, 0.4) is 0 Å². The Morgan fingerprint density at radius 1 is 1.38 bits per heavy atom. The zero-order valence-electron chi connectivity index (χ0n) is 12.3. The minimum Gasteiger partial charge on any atom is -0.414 e. The summed E-state index contributed by atoms with van der Waals surface area (Å²) in [6.45, 7) is 0.395. The van der Waals surface area contributed by atoms with Crippen LogP contribution in [0.15, 0.2) is 28.9 Å². The molecule has 3 aromatic heterocycles. The van der Waals surface area contributed by atoms with Gasteiger partial charge in [0, 0.05) is 13.2 Å². The standard InChI is InChI=1S/C14H10F2N6OS/c1-22(12-8(5-17)3-2-4-18-12)7-10-19-6-9(24-10)13-20-21-14(23-13)11(15)16/h2-4,6,11H,7H2,1H3. The van der Waals surface area contributed by atoms with Crippen molar-refractivity contribution in [1.82, 2.24) is 20.2 Å².